The highest BCUT2D eigenvalue weighted by Crippen LogP contribution is 2.28. The van der Waals surface area contributed by atoms with E-state index < -0.39 is 0 Å². The number of benzene rings is 1. The first kappa shape index (κ1) is 14.9. The number of hydrogen-bond donors (Lipinski definition) is 1. The average Bonchev–Trinajstić information content (AvgIpc) is 2.48. The molecule has 0 spiro atoms. The van der Waals surface area contributed by atoms with Gasteiger partial charge in [0.1, 0.15) is 5.75 Å². The standard InChI is InChI=1S/C15H18BrN3O/c1-11(14-10-17-8-9-19-14)18-7-6-12-4-3-5-13(16)15(12)20-2/h3-5,8-11,18H,6-7H2,1-2H3/t11-/m0/s1. The van der Waals surface area contributed by atoms with Gasteiger partial charge in [-0.1, -0.05) is 12.1 Å². The Morgan fingerprint density at radius 3 is 2.90 bits per heavy atom. The van der Waals surface area contributed by atoms with E-state index >= 15 is 0 Å². The smallest absolute Gasteiger partial charge is 0.136 e. The predicted octanol–water partition coefficient (Wildman–Crippen LogP) is 3.14. The minimum absolute atomic E-state index is 0.182. The van der Waals surface area contributed by atoms with Gasteiger partial charge in [-0.15, -0.1) is 0 Å². The molecule has 0 radical (unpaired) electrons. The van der Waals surface area contributed by atoms with E-state index in [1.807, 2.05) is 12.1 Å². The zero-order valence-electron chi connectivity index (χ0n) is 11.6. The molecule has 0 bridgehead atoms. The van der Waals surface area contributed by atoms with Gasteiger partial charge in [0.05, 0.1) is 17.3 Å². The molecule has 1 atom stereocenters. The molecule has 1 aromatic heterocycles. The third-order valence-electron chi connectivity index (χ3n) is 3.12. The van der Waals surface area contributed by atoms with E-state index in [4.69, 9.17) is 4.74 Å². The number of nitrogens with one attached hydrogen (secondary N) is 1. The number of rotatable bonds is 6. The summed E-state index contributed by atoms with van der Waals surface area (Å²) in [7, 11) is 1.69. The molecule has 0 aliphatic heterocycles. The van der Waals surface area contributed by atoms with Crippen molar-refractivity contribution in [3.8, 4) is 5.75 Å². The molecule has 0 aliphatic carbocycles. The lowest BCUT2D eigenvalue weighted by Gasteiger charge is -2.14. The monoisotopic (exact) mass is 335 g/mol. The second-order valence-corrected chi connectivity index (χ2v) is 5.34. The number of methoxy groups -OCH3 is 1. The van der Waals surface area contributed by atoms with Crippen molar-refractivity contribution < 1.29 is 4.74 Å². The molecule has 0 unspecified atom stereocenters. The molecule has 106 valence electrons. The maximum atomic E-state index is 5.42. The van der Waals surface area contributed by atoms with Gasteiger partial charge in [-0.2, -0.15) is 0 Å². The summed E-state index contributed by atoms with van der Waals surface area (Å²) >= 11 is 3.50. The van der Waals surface area contributed by atoms with Crippen LogP contribution in [0.3, 0.4) is 0 Å². The number of halogens is 1. The summed E-state index contributed by atoms with van der Waals surface area (Å²) in [5.41, 5.74) is 2.13. The molecular formula is C15H18BrN3O. The summed E-state index contributed by atoms with van der Waals surface area (Å²) in [6, 6.07) is 6.27. The summed E-state index contributed by atoms with van der Waals surface area (Å²) in [6.45, 7) is 2.94. The van der Waals surface area contributed by atoms with Crippen molar-refractivity contribution in [3.05, 3.63) is 52.5 Å². The number of aromatic nitrogens is 2. The Kier molecular flexibility index (Phi) is 5.49. The van der Waals surface area contributed by atoms with E-state index in [0.29, 0.717) is 0 Å². The van der Waals surface area contributed by atoms with Crippen LogP contribution in [-0.2, 0) is 6.42 Å². The maximum absolute atomic E-state index is 5.42. The van der Waals surface area contributed by atoms with Crippen molar-refractivity contribution in [3.63, 3.8) is 0 Å². The first-order chi connectivity index (χ1) is 9.72. The summed E-state index contributed by atoms with van der Waals surface area (Å²) in [5, 5.41) is 3.44. The van der Waals surface area contributed by atoms with E-state index in [9.17, 15) is 0 Å². The zero-order chi connectivity index (χ0) is 14.4. The SMILES string of the molecule is COc1c(Br)cccc1CCN[C@@H](C)c1cnccn1. The van der Waals surface area contributed by atoms with Crippen LogP contribution < -0.4 is 10.1 Å². The Morgan fingerprint density at radius 2 is 2.20 bits per heavy atom. The van der Waals surface area contributed by atoms with Crippen LogP contribution in [0, 0.1) is 0 Å². The van der Waals surface area contributed by atoms with Crippen molar-refractivity contribution in [1.82, 2.24) is 15.3 Å². The highest BCUT2D eigenvalue weighted by atomic mass is 79.9. The maximum Gasteiger partial charge on any atom is 0.136 e. The molecule has 0 fully saturated rings. The third kappa shape index (κ3) is 3.77. The van der Waals surface area contributed by atoms with E-state index in [1.54, 1.807) is 25.7 Å². The van der Waals surface area contributed by atoms with Crippen LogP contribution in [0.15, 0.2) is 41.3 Å². The van der Waals surface area contributed by atoms with Crippen LogP contribution in [-0.4, -0.2) is 23.6 Å². The third-order valence-corrected chi connectivity index (χ3v) is 3.75. The van der Waals surface area contributed by atoms with Gasteiger partial charge in [0.15, 0.2) is 0 Å². The van der Waals surface area contributed by atoms with E-state index in [1.165, 1.54) is 5.56 Å². The van der Waals surface area contributed by atoms with Crippen LogP contribution in [0.5, 0.6) is 5.75 Å². The molecule has 1 aromatic carbocycles. The van der Waals surface area contributed by atoms with Crippen molar-refractivity contribution in [2.75, 3.05) is 13.7 Å². The van der Waals surface area contributed by atoms with Gasteiger partial charge in [0.2, 0.25) is 0 Å². The lowest BCUT2D eigenvalue weighted by atomic mass is 10.1. The number of para-hydroxylation sites is 1. The zero-order valence-corrected chi connectivity index (χ0v) is 13.2. The molecule has 0 saturated heterocycles. The highest BCUT2D eigenvalue weighted by molar-refractivity contribution is 9.10. The second-order valence-electron chi connectivity index (χ2n) is 4.49. The lowest BCUT2D eigenvalue weighted by Crippen LogP contribution is -2.22. The molecule has 4 nitrogen and oxygen atoms in total. The Bertz CT molecular complexity index is 548. The molecule has 5 heteroatoms. The molecule has 0 amide bonds. The van der Waals surface area contributed by atoms with Gasteiger partial charge >= 0.3 is 0 Å². The normalized spacial score (nSPS) is 12.2. The van der Waals surface area contributed by atoms with Crippen molar-refractivity contribution in [1.29, 1.82) is 0 Å². The van der Waals surface area contributed by atoms with Crippen LogP contribution in [0.4, 0.5) is 0 Å². The van der Waals surface area contributed by atoms with Gasteiger partial charge in [0.25, 0.3) is 0 Å². The minimum atomic E-state index is 0.182. The topological polar surface area (TPSA) is 47.0 Å². The first-order valence-corrected chi connectivity index (χ1v) is 7.32. The quantitative estimate of drug-likeness (QED) is 0.880. The summed E-state index contributed by atoms with van der Waals surface area (Å²) in [4.78, 5) is 8.38. The molecule has 2 aromatic rings. The van der Waals surface area contributed by atoms with E-state index in [-0.39, 0.29) is 6.04 Å². The van der Waals surface area contributed by atoms with Gasteiger partial charge in [0, 0.05) is 24.6 Å². The largest absolute Gasteiger partial charge is 0.495 e. The molecule has 1 N–H and O–H groups in total. The summed E-state index contributed by atoms with van der Waals surface area (Å²) < 4.78 is 6.41. The minimum Gasteiger partial charge on any atom is -0.495 e. The number of hydrogen-bond acceptors (Lipinski definition) is 4. The second kappa shape index (κ2) is 7.36. The van der Waals surface area contributed by atoms with Crippen LogP contribution >= 0.6 is 15.9 Å². The number of ether oxygens (including phenoxy) is 1. The van der Waals surface area contributed by atoms with Crippen LogP contribution in [0.1, 0.15) is 24.2 Å². The highest BCUT2D eigenvalue weighted by Gasteiger charge is 2.09. The van der Waals surface area contributed by atoms with Crippen molar-refractivity contribution >= 4 is 15.9 Å². The number of nitrogens with zero attached hydrogens (tertiary/aromatic N) is 2. The van der Waals surface area contributed by atoms with Gasteiger partial charge < -0.3 is 10.1 Å². The lowest BCUT2D eigenvalue weighted by molar-refractivity contribution is 0.406. The Morgan fingerprint density at radius 1 is 1.35 bits per heavy atom. The van der Waals surface area contributed by atoms with Crippen LogP contribution in [0.25, 0.3) is 0 Å². The summed E-state index contributed by atoms with van der Waals surface area (Å²) in [6.07, 6.45) is 6.08. The Hall–Kier alpha value is -1.46. The van der Waals surface area contributed by atoms with Gasteiger partial charge in [-0.3, -0.25) is 9.97 Å². The Labute approximate surface area is 127 Å². The van der Waals surface area contributed by atoms with Gasteiger partial charge in [-0.25, -0.2) is 0 Å². The molecule has 0 saturated carbocycles. The molecular weight excluding hydrogens is 318 g/mol. The molecule has 20 heavy (non-hydrogen) atoms. The molecule has 0 aliphatic rings. The first-order valence-electron chi connectivity index (χ1n) is 6.53. The fourth-order valence-corrected chi connectivity index (χ4v) is 2.61. The summed E-state index contributed by atoms with van der Waals surface area (Å²) in [5.74, 6) is 0.904. The van der Waals surface area contributed by atoms with Gasteiger partial charge in [-0.05, 0) is 47.4 Å². The van der Waals surface area contributed by atoms with Crippen molar-refractivity contribution in [2.45, 2.75) is 19.4 Å². The average molecular weight is 336 g/mol. The predicted molar refractivity (Wildman–Crippen MR) is 82.8 cm³/mol. The molecule has 2 rings (SSSR count). The van der Waals surface area contributed by atoms with E-state index in [0.717, 1.165) is 28.9 Å². The van der Waals surface area contributed by atoms with Crippen molar-refractivity contribution in [2.24, 2.45) is 0 Å². The van der Waals surface area contributed by atoms with Crippen LogP contribution in [0.2, 0.25) is 0 Å². The fourth-order valence-electron chi connectivity index (χ4n) is 2.04. The van der Waals surface area contributed by atoms with E-state index in [2.05, 4.69) is 44.2 Å². The fraction of sp³-hybridized carbons (Fsp3) is 0.333. The Balaban J connectivity index is 1.92. The molecule has 1 heterocycles.